The normalized spacial score (nSPS) is 11.1. The Kier molecular flexibility index (Phi) is 12.1. The number of nitrogens with one attached hydrogen (secondary N) is 2. The number of rotatable bonds is 14. The number of ether oxygens (including phenoxy) is 2. The topological polar surface area (TPSA) is 93.7 Å². The van der Waals surface area contributed by atoms with Crippen LogP contribution in [0.3, 0.4) is 0 Å². The third-order valence-electron chi connectivity index (χ3n) is 4.05. The molecule has 160 valence electrons. The van der Waals surface area contributed by atoms with E-state index in [1.54, 1.807) is 13.1 Å². The monoisotopic (exact) mass is 404 g/mol. The van der Waals surface area contributed by atoms with E-state index in [1.165, 1.54) is 0 Å². The van der Waals surface area contributed by atoms with Crippen LogP contribution in [0, 0.1) is 0 Å². The number of hydrogen-bond acceptors (Lipinski definition) is 6. The highest BCUT2D eigenvalue weighted by molar-refractivity contribution is 5.91. The lowest BCUT2D eigenvalue weighted by Gasteiger charge is -2.08. The molecule has 2 N–H and O–H groups in total. The second kappa shape index (κ2) is 14.3. The molecule has 1 rings (SSSR count). The molecule has 1 aromatic rings. The molecule has 0 aliphatic carbocycles. The third kappa shape index (κ3) is 11.7. The van der Waals surface area contributed by atoms with E-state index in [1.807, 2.05) is 38.1 Å². The molecule has 0 aromatic heterocycles. The standard InChI is InChI=1S/C22H32N2O5/c1-4-6-22(27)29-12-5-11-28-16-21(26)24-15-19-9-7-18(8-10-19)14-20(25)13-17(2)23-3/h7-10,13,23H,4-6,11-12,14-16H2,1-3H3,(H,24,26)/b17-13-. The summed E-state index contributed by atoms with van der Waals surface area (Å²) >= 11 is 0. The minimum atomic E-state index is -0.208. The van der Waals surface area contributed by atoms with Crippen molar-refractivity contribution in [3.8, 4) is 0 Å². The van der Waals surface area contributed by atoms with Gasteiger partial charge < -0.3 is 20.1 Å². The van der Waals surface area contributed by atoms with Gasteiger partial charge in [-0.05, 0) is 24.5 Å². The molecule has 0 saturated heterocycles. The number of benzene rings is 1. The Labute approximate surface area is 172 Å². The minimum absolute atomic E-state index is 0.0351. The van der Waals surface area contributed by atoms with Crippen LogP contribution >= 0.6 is 0 Å². The van der Waals surface area contributed by atoms with Gasteiger partial charge in [0.2, 0.25) is 5.91 Å². The first-order valence-corrected chi connectivity index (χ1v) is 9.91. The van der Waals surface area contributed by atoms with Crippen LogP contribution in [0.4, 0.5) is 0 Å². The number of ketones is 1. The van der Waals surface area contributed by atoms with Crippen molar-refractivity contribution in [3.63, 3.8) is 0 Å². The van der Waals surface area contributed by atoms with Crippen LogP contribution in [0.2, 0.25) is 0 Å². The fourth-order valence-electron chi connectivity index (χ4n) is 2.38. The largest absolute Gasteiger partial charge is 0.466 e. The van der Waals surface area contributed by atoms with Gasteiger partial charge in [0.15, 0.2) is 5.78 Å². The summed E-state index contributed by atoms with van der Waals surface area (Å²) in [7, 11) is 1.78. The molecule has 0 atom stereocenters. The van der Waals surface area contributed by atoms with Gasteiger partial charge >= 0.3 is 5.97 Å². The van der Waals surface area contributed by atoms with Gasteiger partial charge in [-0.25, -0.2) is 0 Å². The second-order valence-corrected chi connectivity index (χ2v) is 6.69. The molecular weight excluding hydrogens is 372 g/mol. The molecule has 1 aromatic carbocycles. The van der Waals surface area contributed by atoms with E-state index in [4.69, 9.17) is 9.47 Å². The maximum atomic E-state index is 11.9. The summed E-state index contributed by atoms with van der Waals surface area (Å²) in [6, 6.07) is 7.56. The van der Waals surface area contributed by atoms with Gasteiger partial charge in [-0.15, -0.1) is 0 Å². The number of allylic oxidation sites excluding steroid dienone is 2. The van der Waals surface area contributed by atoms with Crippen LogP contribution in [0.15, 0.2) is 36.0 Å². The average molecular weight is 405 g/mol. The van der Waals surface area contributed by atoms with Crippen molar-refractivity contribution in [3.05, 3.63) is 47.2 Å². The Morgan fingerprint density at radius 3 is 2.41 bits per heavy atom. The van der Waals surface area contributed by atoms with Gasteiger partial charge in [-0.2, -0.15) is 0 Å². The summed E-state index contributed by atoms with van der Waals surface area (Å²) in [5, 5.41) is 5.71. The molecule has 0 aliphatic rings. The molecule has 1 amide bonds. The number of amides is 1. The molecule has 0 bridgehead atoms. The van der Waals surface area contributed by atoms with Gasteiger partial charge in [0.05, 0.1) is 13.2 Å². The van der Waals surface area contributed by atoms with Crippen molar-refractivity contribution in [2.75, 3.05) is 26.9 Å². The first-order valence-electron chi connectivity index (χ1n) is 9.91. The first-order chi connectivity index (χ1) is 13.9. The lowest BCUT2D eigenvalue weighted by Crippen LogP contribution is -2.27. The van der Waals surface area contributed by atoms with Crippen LogP contribution in [0.1, 0.15) is 44.2 Å². The van der Waals surface area contributed by atoms with E-state index >= 15 is 0 Å². The number of esters is 1. The SMILES string of the molecule is CCCC(=O)OCCCOCC(=O)NCc1ccc(CC(=O)/C=C(/C)NC)cc1. The lowest BCUT2D eigenvalue weighted by atomic mass is 10.1. The van der Waals surface area contributed by atoms with E-state index < -0.39 is 0 Å². The van der Waals surface area contributed by atoms with Crippen molar-refractivity contribution in [1.29, 1.82) is 0 Å². The van der Waals surface area contributed by atoms with E-state index in [2.05, 4.69) is 10.6 Å². The van der Waals surface area contributed by atoms with Crippen molar-refractivity contribution in [2.45, 2.75) is 46.1 Å². The van der Waals surface area contributed by atoms with E-state index in [0.717, 1.165) is 23.2 Å². The third-order valence-corrected chi connectivity index (χ3v) is 4.05. The molecule has 0 saturated carbocycles. The fraction of sp³-hybridized carbons (Fsp3) is 0.500. The predicted octanol–water partition coefficient (Wildman–Crippen LogP) is 2.29. The average Bonchev–Trinajstić information content (AvgIpc) is 2.70. The Hall–Kier alpha value is -2.67. The van der Waals surface area contributed by atoms with Crippen LogP contribution in [0.25, 0.3) is 0 Å². The summed E-state index contributed by atoms with van der Waals surface area (Å²) in [4.78, 5) is 34.9. The Morgan fingerprint density at radius 2 is 1.76 bits per heavy atom. The quantitative estimate of drug-likeness (QED) is 0.281. The second-order valence-electron chi connectivity index (χ2n) is 6.69. The molecule has 7 nitrogen and oxygen atoms in total. The molecule has 7 heteroatoms. The zero-order valence-corrected chi connectivity index (χ0v) is 17.6. The van der Waals surface area contributed by atoms with Crippen LogP contribution in [-0.4, -0.2) is 44.5 Å². The van der Waals surface area contributed by atoms with E-state index in [9.17, 15) is 14.4 Å². The summed E-state index contributed by atoms with van der Waals surface area (Å²) in [5.41, 5.74) is 2.70. The highest BCUT2D eigenvalue weighted by atomic mass is 16.5. The fourth-order valence-corrected chi connectivity index (χ4v) is 2.38. The van der Waals surface area contributed by atoms with Crippen LogP contribution in [-0.2, 0) is 36.8 Å². The minimum Gasteiger partial charge on any atom is -0.466 e. The highest BCUT2D eigenvalue weighted by Crippen LogP contribution is 2.06. The smallest absolute Gasteiger partial charge is 0.305 e. The maximum absolute atomic E-state index is 11.9. The van der Waals surface area contributed by atoms with Crippen molar-refractivity contribution in [2.24, 2.45) is 0 Å². The zero-order chi connectivity index (χ0) is 21.5. The van der Waals surface area contributed by atoms with Crippen molar-refractivity contribution in [1.82, 2.24) is 10.6 Å². The Morgan fingerprint density at radius 1 is 1.07 bits per heavy atom. The summed E-state index contributed by atoms with van der Waals surface area (Å²) in [5.74, 6) is -0.375. The van der Waals surface area contributed by atoms with Crippen molar-refractivity contribution < 1.29 is 23.9 Å². The molecule has 0 unspecified atom stereocenters. The van der Waals surface area contributed by atoms with Gasteiger partial charge in [0.1, 0.15) is 6.61 Å². The van der Waals surface area contributed by atoms with Gasteiger partial charge in [0, 0.05) is 44.6 Å². The van der Waals surface area contributed by atoms with Gasteiger partial charge in [0.25, 0.3) is 0 Å². The summed E-state index contributed by atoms with van der Waals surface area (Å²) < 4.78 is 10.3. The van der Waals surface area contributed by atoms with E-state index in [0.29, 0.717) is 39.0 Å². The number of carbonyl (C=O) groups excluding carboxylic acids is 3. The molecule has 0 fully saturated rings. The molecule has 29 heavy (non-hydrogen) atoms. The molecule has 0 radical (unpaired) electrons. The molecule has 0 heterocycles. The highest BCUT2D eigenvalue weighted by Gasteiger charge is 2.05. The molecule has 0 aliphatic heterocycles. The first kappa shape index (κ1) is 24.4. The van der Waals surface area contributed by atoms with Gasteiger partial charge in [-0.1, -0.05) is 31.2 Å². The van der Waals surface area contributed by atoms with E-state index in [-0.39, 0.29) is 24.3 Å². The summed E-state index contributed by atoms with van der Waals surface area (Å²) in [6.45, 7) is 4.78. The predicted molar refractivity (Wildman–Crippen MR) is 111 cm³/mol. The molecular formula is C22H32N2O5. The lowest BCUT2D eigenvalue weighted by molar-refractivity contribution is -0.144. The van der Waals surface area contributed by atoms with Crippen LogP contribution < -0.4 is 10.6 Å². The van der Waals surface area contributed by atoms with Crippen molar-refractivity contribution >= 4 is 17.7 Å². The Balaban J connectivity index is 2.20. The number of hydrogen-bond donors (Lipinski definition) is 2. The zero-order valence-electron chi connectivity index (χ0n) is 17.6. The maximum Gasteiger partial charge on any atom is 0.305 e. The Bertz CT molecular complexity index is 683. The molecule has 0 spiro atoms. The number of carbonyl (C=O) groups is 3. The van der Waals surface area contributed by atoms with Crippen LogP contribution in [0.5, 0.6) is 0 Å². The van der Waals surface area contributed by atoms with Gasteiger partial charge in [-0.3, -0.25) is 14.4 Å². The summed E-state index contributed by atoms with van der Waals surface area (Å²) in [6.07, 6.45) is 3.68.